The van der Waals surface area contributed by atoms with Gasteiger partial charge in [-0.2, -0.15) is 0 Å². The Labute approximate surface area is 112 Å². The molecule has 1 heterocycles. The maximum atomic E-state index is 5.87. The second-order valence-electron chi connectivity index (χ2n) is 4.17. The number of hydrogen-bond acceptors (Lipinski definition) is 5. The Morgan fingerprint density at radius 1 is 1.16 bits per heavy atom. The topological polar surface area (TPSA) is 86.2 Å². The van der Waals surface area contributed by atoms with E-state index < -0.39 is 0 Å². The molecule has 0 fully saturated rings. The van der Waals surface area contributed by atoms with Gasteiger partial charge in [0.05, 0.1) is 24.2 Å². The number of aromatic nitrogens is 1. The molecule has 0 saturated heterocycles. The molecule has 0 aliphatic rings. The zero-order valence-electron chi connectivity index (χ0n) is 10.9. The van der Waals surface area contributed by atoms with Crippen molar-refractivity contribution in [1.82, 2.24) is 4.98 Å². The summed E-state index contributed by atoms with van der Waals surface area (Å²) in [7, 11) is 1.65. The predicted octanol–water partition coefficient (Wildman–Crippen LogP) is 1.91. The largest absolute Gasteiger partial charge is 0.497 e. The number of nitrogen functional groups attached to an aromatic ring is 2. The Hall–Kier alpha value is -2.43. The number of hydrogen-bond donors (Lipinski definition) is 3. The van der Waals surface area contributed by atoms with Gasteiger partial charge in [0, 0.05) is 24.8 Å². The molecule has 5 heteroatoms. The first-order chi connectivity index (χ1) is 9.20. The molecule has 0 spiro atoms. The highest BCUT2D eigenvalue weighted by atomic mass is 16.5. The van der Waals surface area contributed by atoms with Gasteiger partial charge in [-0.1, -0.05) is 0 Å². The molecule has 5 nitrogen and oxygen atoms in total. The van der Waals surface area contributed by atoms with Crippen LogP contribution in [-0.2, 0) is 6.42 Å². The van der Waals surface area contributed by atoms with E-state index in [1.165, 1.54) is 0 Å². The maximum Gasteiger partial charge on any atom is 0.119 e. The van der Waals surface area contributed by atoms with Crippen molar-refractivity contribution in [3.63, 3.8) is 0 Å². The molecule has 0 amide bonds. The molecule has 0 aliphatic heterocycles. The minimum absolute atomic E-state index is 0.569. The van der Waals surface area contributed by atoms with Crippen molar-refractivity contribution in [1.29, 1.82) is 0 Å². The lowest BCUT2D eigenvalue weighted by Crippen LogP contribution is -2.09. The summed E-state index contributed by atoms with van der Waals surface area (Å²) in [4.78, 5) is 4.23. The van der Waals surface area contributed by atoms with Crippen LogP contribution >= 0.6 is 0 Å². The molecular formula is C14H18N4O. The third-order valence-corrected chi connectivity index (χ3v) is 2.89. The quantitative estimate of drug-likeness (QED) is 0.762. The van der Waals surface area contributed by atoms with Crippen molar-refractivity contribution < 1.29 is 4.74 Å². The molecule has 19 heavy (non-hydrogen) atoms. The van der Waals surface area contributed by atoms with Gasteiger partial charge in [-0.15, -0.1) is 0 Å². The zero-order valence-corrected chi connectivity index (χ0v) is 10.9. The Morgan fingerprint density at radius 2 is 1.89 bits per heavy atom. The number of methoxy groups -OCH3 is 1. The molecule has 0 bridgehead atoms. The number of nitrogens with one attached hydrogen (secondary N) is 1. The molecule has 1 aromatic carbocycles. The van der Waals surface area contributed by atoms with E-state index >= 15 is 0 Å². The van der Waals surface area contributed by atoms with Gasteiger partial charge in [0.2, 0.25) is 0 Å². The number of pyridine rings is 1. The third kappa shape index (κ3) is 3.28. The van der Waals surface area contributed by atoms with E-state index in [0.717, 1.165) is 30.1 Å². The van der Waals surface area contributed by atoms with Gasteiger partial charge in [-0.3, -0.25) is 4.98 Å². The first-order valence-corrected chi connectivity index (χ1v) is 6.07. The standard InChI is InChI=1S/C14H18N4O/c1-19-11-4-2-10(3-5-11)17-9-7-13-14(16)12(15)6-8-18-13/h2-6,8,17H,7,9,16H2,1H3,(H2,15,18). The van der Waals surface area contributed by atoms with Gasteiger partial charge in [-0.05, 0) is 30.3 Å². The average molecular weight is 258 g/mol. The number of ether oxygens (including phenoxy) is 1. The van der Waals surface area contributed by atoms with Crippen LogP contribution < -0.4 is 21.5 Å². The van der Waals surface area contributed by atoms with Crippen molar-refractivity contribution >= 4 is 17.1 Å². The Bertz CT molecular complexity index is 540. The lowest BCUT2D eigenvalue weighted by Gasteiger charge is -2.09. The molecule has 0 unspecified atom stereocenters. The van der Waals surface area contributed by atoms with Gasteiger partial charge in [0.1, 0.15) is 5.75 Å². The van der Waals surface area contributed by atoms with E-state index in [2.05, 4.69) is 10.3 Å². The maximum absolute atomic E-state index is 5.87. The van der Waals surface area contributed by atoms with Crippen LogP contribution in [0.5, 0.6) is 5.75 Å². The van der Waals surface area contributed by atoms with Gasteiger partial charge >= 0.3 is 0 Å². The Morgan fingerprint density at radius 3 is 2.58 bits per heavy atom. The molecule has 1 aromatic heterocycles. The van der Waals surface area contributed by atoms with Crippen molar-refractivity contribution in [2.75, 3.05) is 30.4 Å². The van der Waals surface area contributed by atoms with Gasteiger partial charge in [0.25, 0.3) is 0 Å². The molecule has 0 atom stereocenters. The molecule has 0 aliphatic carbocycles. The highest BCUT2D eigenvalue weighted by Gasteiger charge is 2.03. The zero-order chi connectivity index (χ0) is 13.7. The fraction of sp³-hybridized carbons (Fsp3) is 0.214. The third-order valence-electron chi connectivity index (χ3n) is 2.89. The van der Waals surface area contributed by atoms with E-state index in [4.69, 9.17) is 16.2 Å². The number of benzene rings is 1. The first kappa shape index (κ1) is 13.0. The monoisotopic (exact) mass is 258 g/mol. The number of anilines is 3. The molecule has 0 saturated carbocycles. The lowest BCUT2D eigenvalue weighted by atomic mass is 10.2. The van der Waals surface area contributed by atoms with Crippen molar-refractivity contribution in [3.8, 4) is 5.75 Å². The van der Waals surface area contributed by atoms with Crippen LogP contribution in [0.25, 0.3) is 0 Å². The summed E-state index contributed by atoms with van der Waals surface area (Å²) < 4.78 is 5.10. The van der Waals surface area contributed by atoms with E-state index in [1.807, 2.05) is 24.3 Å². The molecule has 100 valence electrons. The van der Waals surface area contributed by atoms with Crippen LogP contribution in [0, 0.1) is 0 Å². The summed E-state index contributed by atoms with van der Waals surface area (Å²) >= 11 is 0. The van der Waals surface area contributed by atoms with Crippen LogP contribution in [0.15, 0.2) is 36.5 Å². The highest BCUT2D eigenvalue weighted by Crippen LogP contribution is 2.18. The van der Waals surface area contributed by atoms with E-state index in [0.29, 0.717) is 11.4 Å². The summed E-state index contributed by atoms with van der Waals surface area (Å²) in [5.74, 6) is 0.840. The number of rotatable bonds is 5. The molecular weight excluding hydrogens is 240 g/mol. The SMILES string of the molecule is COc1ccc(NCCc2nccc(N)c2N)cc1. The van der Waals surface area contributed by atoms with E-state index in [1.54, 1.807) is 19.4 Å². The summed E-state index contributed by atoms with van der Waals surface area (Å²) in [5.41, 5.74) is 14.6. The fourth-order valence-corrected chi connectivity index (χ4v) is 1.77. The molecule has 2 aromatic rings. The average Bonchev–Trinajstić information content (AvgIpc) is 2.44. The first-order valence-electron chi connectivity index (χ1n) is 6.07. The Kier molecular flexibility index (Phi) is 4.07. The van der Waals surface area contributed by atoms with Crippen LogP contribution in [0.4, 0.5) is 17.1 Å². The highest BCUT2D eigenvalue weighted by molar-refractivity contribution is 5.65. The van der Waals surface area contributed by atoms with Crippen molar-refractivity contribution in [2.45, 2.75) is 6.42 Å². The van der Waals surface area contributed by atoms with Crippen LogP contribution in [-0.4, -0.2) is 18.6 Å². The normalized spacial score (nSPS) is 10.2. The number of nitrogens with two attached hydrogens (primary N) is 2. The summed E-state index contributed by atoms with van der Waals surface area (Å²) in [6.45, 7) is 0.743. The van der Waals surface area contributed by atoms with Crippen LogP contribution in [0.2, 0.25) is 0 Å². The summed E-state index contributed by atoms with van der Waals surface area (Å²) in [6, 6.07) is 9.46. The fourth-order valence-electron chi connectivity index (χ4n) is 1.77. The summed E-state index contributed by atoms with van der Waals surface area (Å²) in [6.07, 6.45) is 2.40. The van der Waals surface area contributed by atoms with Crippen molar-refractivity contribution in [3.05, 3.63) is 42.2 Å². The Balaban J connectivity index is 1.90. The smallest absolute Gasteiger partial charge is 0.119 e. The van der Waals surface area contributed by atoms with E-state index in [-0.39, 0.29) is 0 Å². The lowest BCUT2D eigenvalue weighted by molar-refractivity contribution is 0.415. The molecule has 5 N–H and O–H groups in total. The van der Waals surface area contributed by atoms with E-state index in [9.17, 15) is 0 Å². The summed E-state index contributed by atoms with van der Waals surface area (Å²) in [5, 5.41) is 3.30. The minimum Gasteiger partial charge on any atom is -0.497 e. The van der Waals surface area contributed by atoms with Crippen molar-refractivity contribution in [2.24, 2.45) is 0 Å². The van der Waals surface area contributed by atoms with Gasteiger partial charge in [0.15, 0.2) is 0 Å². The second-order valence-corrected chi connectivity index (χ2v) is 4.17. The van der Waals surface area contributed by atoms with Gasteiger partial charge < -0.3 is 21.5 Å². The second kappa shape index (κ2) is 5.95. The van der Waals surface area contributed by atoms with Gasteiger partial charge in [-0.25, -0.2) is 0 Å². The van der Waals surface area contributed by atoms with Crippen LogP contribution in [0.3, 0.4) is 0 Å². The molecule has 2 rings (SSSR count). The molecule has 0 radical (unpaired) electrons. The van der Waals surface area contributed by atoms with Crippen LogP contribution in [0.1, 0.15) is 5.69 Å². The predicted molar refractivity (Wildman–Crippen MR) is 78.2 cm³/mol. The number of nitrogens with zero attached hydrogens (tertiary/aromatic N) is 1. The minimum atomic E-state index is 0.569.